The number of esters is 1. The van der Waals surface area contributed by atoms with Crippen molar-refractivity contribution in [2.45, 2.75) is 45.7 Å². The van der Waals surface area contributed by atoms with E-state index in [1.54, 1.807) is 0 Å². The Morgan fingerprint density at radius 2 is 1.93 bits per heavy atom. The predicted molar refractivity (Wildman–Crippen MR) is 128 cm³/mol. The minimum absolute atomic E-state index is 0.0439. The molecule has 30 heavy (non-hydrogen) atoms. The third-order valence-electron chi connectivity index (χ3n) is 5.13. The Morgan fingerprint density at radius 3 is 2.67 bits per heavy atom. The molecule has 0 amide bonds. The Morgan fingerprint density at radius 1 is 1.17 bits per heavy atom. The van der Waals surface area contributed by atoms with Crippen LogP contribution in [0.25, 0.3) is 10.9 Å². The number of ether oxygens (including phenoxy) is 1. The van der Waals surface area contributed by atoms with Crippen molar-refractivity contribution in [3.63, 3.8) is 0 Å². The van der Waals surface area contributed by atoms with E-state index in [0.29, 0.717) is 19.6 Å². The lowest BCUT2D eigenvalue weighted by Crippen LogP contribution is -2.24. The number of aromatic nitrogens is 1. The number of carbonyl (C=O) groups is 1. The maximum atomic E-state index is 12.0. The Bertz CT molecular complexity index is 999. The third kappa shape index (κ3) is 5.57. The molecule has 1 aromatic heterocycles. The van der Waals surface area contributed by atoms with Crippen molar-refractivity contribution < 1.29 is 9.53 Å². The highest BCUT2D eigenvalue weighted by molar-refractivity contribution is 9.10. The first kappa shape index (κ1) is 22.2. The minimum Gasteiger partial charge on any atom is -0.466 e. The number of hydrogen-bond donors (Lipinski definition) is 2. The van der Waals surface area contributed by atoms with Gasteiger partial charge in [0.1, 0.15) is 0 Å². The van der Waals surface area contributed by atoms with Gasteiger partial charge in [0, 0.05) is 35.7 Å². The van der Waals surface area contributed by atoms with Crippen LogP contribution < -0.4 is 10.6 Å². The van der Waals surface area contributed by atoms with E-state index >= 15 is 0 Å². The van der Waals surface area contributed by atoms with E-state index in [-0.39, 0.29) is 12.0 Å². The fourth-order valence-corrected chi connectivity index (χ4v) is 4.33. The van der Waals surface area contributed by atoms with Gasteiger partial charge in [0.2, 0.25) is 0 Å². The van der Waals surface area contributed by atoms with Gasteiger partial charge in [-0.2, -0.15) is 0 Å². The van der Waals surface area contributed by atoms with Crippen LogP contribution in [0.2, 0.25) is 0 Å². The first-order valence-electron chi connectivity index (χ1n) is 10.5. The normalized spacial score (nSPS) is 12.0. The zero-order chi connectivity index (χ0) is 21.5. The molecule has 3 aromatic rings. The number of nitrogens with one attached hydrogen (secondary N) is 2. The van der Waals surface area contributed by atoms with Gasteiger partial charge < -0.3 is 19.9 Å². The fourth-order valence-electron chi connectivity index (χ4n) is 3.81. The van der Waals surface area contributed by atoms with Crippen LogP contribution in [-0.4, -0.2) is 23.2 Å². The molecule has 0 bridgehead atoms. The second-order valence-corrected chi connectivity index (χ2v) is 8.38. The smallest absolute Gasteiger partial charge is 0.307 e. The number of halogens is 1. The number of aryl methyl sites for hydroxylation is 1. The van der Waals surface area contributed by atoms with Crippen LogP contribution in [0.15, 0.2) is 53.1 Å². The van der Waals surface area contributed by atoms with Crippen molar-refractivity contribution in [2.75, 3.05) is 17.2 Å². The summed E-state index contributed by atoms with van der Waals surface area (Å²) < 4.78 is 8.37. The summed E-state index contributed by atoms with van der Waals surface area (Å²) in [6.45, 7) is 5.08. The van der Waals surface area contributed by atoms with Crippen LogP contribution in [0.3, 0.4) is 0 Å². The van der Waals surface area contributed by atoms with Gasteiger partial charge in [0.05, 0.1) is 29.9 Å². The molecule has 2 N–H and O–H groups in total. The van der Waals surface area contributed by atoms with Crippen LogP contribution in [0.5, 0.6) is 0 Å². The molecule has 0 aliphatic heterocycles. The monoisotopic (exact) mass is 471 g/mol. The highest BCUT2D eigenvalue weighted by atomic mass is 79.9. The summed E-state index contributed by atoms with van der Waals surface area (Å²) in [5.74, 6) is -0.158. The molecule has 1 heterocycles. The summed E-state index contributed by atoms with van der Waals surface area (Å²) in [7, 11) is 2.07. The number of carbonyl (C=O) groups excluding carboxylic acids is 1. The molecule has 1 unspecified atom stereocenters. The molecule has 0 radical (unpaired) electrons. The molecule has 0 aliphatic carbocycles. The number of para-hydroxylation sites is 2. The molecule has 3 rings (SSSR count). The highest BCUT2D eigenvalue weighted by Gasteiger charge is 2.16. The third-order valence-corrected chi connectivity index (χ3v) is 5.58. The van der Waals surface area contributed by atoms with Gasteiger partial charge in [-0.05, 0) is 49.2 Å². The summed E-state index contributed by atoms with van der Waals surface area (Å²) in [5, 5.41) is 8.35. The number of rotatable bonds is 10. The van der Waals surface area contributed by atoms with Gasteiger partial charge >= 0.3 is 5.97 Å². The maximum absolute atomic E-state index is 12.0. The lowest BCUT2D eigenvalue weighted by atomic mass is 10.1. The van der Waals surface area contributed by atoms with E-state index in [0.717, 1.165) is 28.7 Å². The van der Waals surface area contributed by atoms with Gasteiger partial charge in [-0.15, -0.1) is 0 Å². The summed E-state index contributed by atoms with van der Waals surface area (Å²) in [4.78, 5) is 12.0. The molecule has 6 heteroatoms. The largest absolute Gasteiger partial charge is 0.466 e. The van der Waals surface area contributed by atoms with Crippen LogP contribution in [0.1, 0.15) is 38.7 Å². The second-order valence-electron chi connectivity index (χ2n) is 7.47. The molecule has 0 saturated carbocycles. The molecule has 2 aromatic carbocycles. The molecule has 0 saturated heterocycles. The van der Waals surface area contributed by atoms with Gasteiger partial charge in [-0.25, -0.2) is 0 Å². The summed E-state index contributed by atoms with van der Waals surface area (Å²) >= 11 is 3.63. The van der Waals surface area contributed by atoms with E-state index in [2.05, 4.69) is 81.6 Å². The lowest BCUT2D eigenvalue weighted by molar-refractivity contribution is -0.143. The molecule has 160 valence electrons. The fraction of sp³-hybridized carbons (Fsp3) is 0.375. The standard InChI is InChI=1S/C24H30BrN3O2/c1-4-8-20(15-23(29)30-5-2)27-22-10-7-6-9-21(22)26-16-18-14-19(25)13-17-11-12-28(3)24(17)18/h6-7,9-14,20,26-27H,4-5,8,15-16H2,1-3H3. The number of benzene rings is 2. The molecular weight excluding hydrogens is 442 g/mol. The minimum atomic E-state index is -0.158. The second kappa shape index (κ2) is 10.5. The number of fused-ring (bicyclic) bond motifs is 1. The number of anilines is 2. The van der Waals surface area contributed by atoms with Crippen LogP contribution in [-0.2, 0) is 23.1 Å². The van der Waals surface area contributed by atoms with Crippen molar-refractivity contribution in [1.82, 2.24) is 4.57 Å². The van der Waals surface area contributed by atoms with Gasteiger partial charge in [0.15, 0.2) is 0 Å². The molecule has 5 nitrogen and oxygen atoms in total. The van der Waals surface area contributed by atoms with Gasteiger partial charge in [0.25, 0.3) is 0 Å². The zero-order valence-corrected chi connectivity index (χ0v) is 19.5. The first-order valence-corrected chi connectivity index (χ1v) is 11.3. The van der Waals surface area contributed by atoms with Crippen molar-refractivity contribution in [3.8, 4) is 0 Å². The number of nitrogens with zero attached hydrogens (tertiary/aromatic N) is 1. The van der Waals surface area contributed by atoms with E-state index in [1.807, 2.05) is 19.1 Å². The summed E-state index contributed by atoms with van der Waals surface area (Å²) in [6, 6.07) is 14.6. The zero-order valence-electron chi connectivity index (χ0n) is 17.9. The molecule has 0 aliphatic rings. The topological polar surface area (TPSA) is 55.3 Å². The van der Waals surface area contributed by atoms with Crippen LogP contribution >= 0.6 is 15.9 Å². The Balaban J connectivity index is 1.77. The molecule has 1 atom stereocenters. The van der Waals surface area contributed by atoms with Gasteiger partial charge in [-0.1, -0.05) is 41.4 Å². The first-order chi connectivity index (χ1) is 14.5. The van der Waals surface area contributed by atoms with Gasteiger partial charge in [-0.3, -0.25) is 4.79 Å². The Labute approximate surface area is 186 Å². The van der Waals surface area contributed by atoms with Crippen molar-refractivity contribution >= 4 is 44.2 Å². The van der Waals surface area contributed by atoms with Crippen LogP contribution in [0.4, 0.5) is 11.4 Å². The Hall–Kier alpha value is -2.47. The SMILES string of the molecule is CCCC(CC(=O)OCC)Nc1ccccc1NCc1cc(Br)cc2ccn(C)c12. The summed E-state index contributed by atoms with van der Waals surface area (Å²) in [6.07, 6.45) is 4.35. The Kier molecular flexibility index (Phi) is 7.80. The maximum Gasteiger partial charge on any atom is 0.307 e. The average molecular weight is 472 g/mol. The molecule has 0 fully saturated rings. The van der Waals surface area contributed by atoms with Crippen molar-refractivity contribution in [1.29, 1.82) is 0 Å². The van der Waals surface area contributed by atoms with Crippen molar-refractivity contribution in [2.24, 2.45) is 7.05 Å². The van der Waals surface area contributed by atoms with E-state index in [4.69, 9.17) is 4.74 Å². The van der Waals surface area contributed by atoms with E-state index < -0.39 is 0 Å². The molecular formula is C24H30BrN3O2. The van der Waals surface area contributed by atoms with E-state index in [1.165, 1.54) is 16.5 Å². The highest BCUT2D eigenvalue weighted by Crippen LogP contribution is 2.28. The number of hydrogen-bond acceptors (Lipinski definition) is 4. The quantitative estimate of drug-likeness (QED) is 0.351. The average Bonchev–Trinajstić information content (AvgIpc) is 3.08. The lowest BCUT2D eigenvalue weighted by Gasteiger charge is -2.21. The molecule has 0 spiro atoms. The van der Waals surface area contributed by atoms with Crippen molar-refractivity contribution in [3.05, 3.63) is 58.7 Å². The van der Waals surface area contributed by atoms with E-state index in [9.17, 15) is 4.79 Å². The summed E-state index contributed by atoms with van der Waals surface area (Å²) in [5.41, 5.74) is 4.46. The predicted octanol–water partition coefficient (Wildman–Crippen LogP) is 6.09. The van der Waals surface area contributed by atoms with Crippen LogP contribution in [0, 0.1) is 0 Å².